The first-order chi connectivity index (χ1) is 10.8. The van der Waals surface area contributed by atoms with E-state index < -0.39 is 0 Å². The molecule has 0 atom stereocenters. The second-order valence-corrected chi connectivity index (χ2v) is 6.42. The van der Waals surface area contributed by atoms with Crippen LogP contribution in [-0.2, 0) is 9.47 Å². The highest BCUT2D eigenvalue weighted by Gasteiger charge is 2.22. The van der Waals surface area contributed by atoms with Crippen LogP contribution in [0.4, 0.5) is 0 Å². The molecule has 0 bridgehead atoms. The van der Waals surface area contributed by atoms with E-state index in [-0.39, 0.29) is 6.29 Å². The van der Waals surface area contributed by atoms with Crippen LogP contribution in [0.25, 0.3) is 0 Å². The number of hydrogen-bond acceptors (Lipinski definition) is 2. The van der Waals surface area contributed by atoms with Crippen molar-refractivity contribution >= 4 is 0 Å². The normalized spacial score (nSPS) is 22.2. The standard InChI is InChI=1S/C20H32O2/c1-4-7-16-8-10-17(11-9-16)18-12-14-19(15-13-18)20(21-5-2)22-6-3/h12-17,20H,4-11H2,1-3H3. The van der Waals surface area contributed by atoms with Gasteiger partial charge in [0.15, 0.2) is 6.29 Å². The van der Waals surface area contributed by atoms with Crippen molar-refractivity contribution in [3.63, 3.8) is 0 Å². The van der Waals surface area contributed by atoms with Crippen molar-refractivity contribution in [2.45, 2.75) is 71.5 Å². The minimum Gasteiger partial charge on any atom is -0.349 e. The van der Waals surface area contributed by atoms with Gasteiger partial charge in [0, 0.05) is 18.8 Å². The summed E-state index contributed by atoms with van der Waals surface area (Å²) in [5.74, 6) is 1.72. The zero-order valence-electron chi connectivity index (χ0n) is 14.5. The Hall–Kier alpha value is -0.860. The average Bonchev–Trinajstić information content (AvgIpc) is 2.56. The van der Waals surface area contributed by atoms with Gasteiger partial charge in [0.2, 0.25) is 0 Å². The van der Waals surface area contributed by atoms with Crippen LogP contribution < -0.4 is 0 Å². The molecule has 0 heterocycles. The molecule has 0 N–H and O–H groups in total. The maximum atomic E-state index is 5.67. The van der Waals surface area contributed by atoms with E-state index in [0.717, 1.165) is 17.4 Å². The quantitative estimate of drug-likeness (QED) is 0.562. The Labute approximate surface area is 136 Å². The van der Waals surface area contributed by atoms with E-state index >= 15 is 0 Å². The highest BCUT2D eigenvalue weighted by atomic mass is 16.7. The van der Waals surface area contributed by atoms with Crippen molar-refractivity contribution in [1.29, 1.82) is 0 Å². The summed E-state index contributed by atoms with van der Waals surface area (Å²) in [5.41, 5.74) is 2.62. The highest BCUT2D eigenvalue weighted by molar-refractivity contribution is 5.26. The van der Waals surface area contributed by atoms with Gasteiger partial charge in [0.25, 0.3) is 0 Å². The molecule has 1 saturated carbocycles. The third kappa shape index (κ3) is 4.82. The molecule has 0 amide bonds. The van der Waals surface area contributed by atoms with Gasteiger partial charge >= 0.3 is 0 Å². The van der Waals surface area contributed by atoms with Crippen molar-refractivity contribution < 1.29 is 9.47 Å². The molecule has 1 aromatic carbocycles. The Kier molecular flexibility index (Phi) is 7.41. The third-order valence-corrected chi connectivity index (χ3v) is 4.86. The fraction of sp³-hybridized carbons (Fsp3) is 0.700. The van der Waals surface area contributed by atoms with Gasteiger partial charge in [-0.15, -0.1) is 0 Å². The lowest BCUT2D eigenvalue weighted by atomic mass is 9.77. The van der Waals surface area contributed by atoms with Gasteiger partial charge in [-0.25, -0.2) is 0 Å². The van der Waals surface area contributed by atoms with Gasteiger partial charge in [-0.2, -0.15) is 0 Å². The van der Waals surface area contributed by atoms with E-state index in [1.807, 2.05) is 13.8 Å². The molecule has 0 unspecified atom stereocenters. The van der Waals surface area contributed by atoms with Crippen LogP contribution in [0.2, 0.25) is 0 Å². The van der Waals surface area contributed by atoms with E-state index in [1.165, 1.54) is 44.1 Å². The van der Waals surface area contributed by atoms with E-state index in [9.17, 15) is 0 Å². The molecule has 0 spiro atoms. The molecule has 1 aliphatic carbocycles. The first-order valence-corrected chi connectivity index (χ1v) is 9.11. The monoisotopic (exact) mass is 304 g/mol. The molecular formula is C20H32O2. The highest BCUT2D eigenvalue weighted by Crippen LogP contribution is 2.37. The molecule has 1 fully saturated rings. The fourth-order valence-electron chi connectivity index (χ4n) is 3.66. The Bertz CT molecular complexity index is 398. The van der Waals surface area contributed by atoms with Gasteiger partial charge < -0.3 is 9.47 Å². The summed E-state index contributed by atoms with van der Waals surface area (Å²) in [6.45, 7) is 7.67. The summed E-state index contributed by atoms with van der Waals surface area (Å²) < 4.78 is 11.3. The summed E-state index contributed by atoms with van der Waals surface area (Å²) in [6, 6.07) is 8.93. The molecule has 0 aliphatic heterocycles. The molecule has 1 aliphatic rings. The van der Waals surface area contributed by atoms with Crippen molar-refractivity contribution in [1.82, 2.24) is 0 Å². The van der Waals surface area contributed by atoms with E-state index in [4.69, 9.17) is 9.47 Å². The summed E-state index contributed by atoms with van der Waals surface area (Å²) in [7, 11) is 0. The van der Waals surface area contributed by atoms with Crippen LogP contribution in [0.15, 0.2) is 24.3 Å². The van der Waals surface area contributed by atoms with Gasteiger partial charge in [-0.05, 0) is 56.9 Å². The van der Waals surface area contributed by atoms with Gasteiger partial charge in [-0.1, -0.05) is 44.0 Å². The van der Waals surface area contributed by atoms with Gasteiger partial charge in [0.05, 0.1) is 0 Å². The summed E-state index contributed by atoms with van der Waals surface area (Å²) in [6.07, 6.45) is 8.04. The molecule has 1 aromatic rings. The summed E-state index contributed by atoms with van der Waals surface area (Å²) in [4.78, 5) is 0. The predicted molar refractivity (Wildman–Crippen MR) is 92.0 cm³/mol. The third-order valence-electron chi connectivity index (χ3n) is 4.86. The number of hydrogen-bond donors (Lipinski definition) is 0. The summed E-state index contributed by atoms with van der Waals surface area (Å²) >= 11 is 0. The zero-order chi connectivity index (χ0) is 15.8. The van der Waals surface area contributed by atoms with Crippen LogP contribution in [0.5, 0.6) is 0 Å². The van der Waals surface area contributed by atoms with Crippen LogP contribution >= 0.6 is 0 Å². The van der Waals surface area contributed by atoms with Crippen molar-refractivity contribution in [3.8, 4) is 0 Å². The fourth-order valence-corrected chi connectivity index (χ4v) is 3.66. The van der Waals surface area contributed by atoms with Crippen LogP contribution in [0.1, 0.15) is 82.6 Å². The maximum Gasteiger partial charge on any atom is 0.183 e. The Morgan fingerprint density at radius 1 is 0.909 bits per heavy atom. The summed E-state index contributed by atoms with van der Waals surface area (Å²) in [5, 5.41) is 0. The van der Waals surface area contributed by atoms with E-state index in [1.54, 1.807) is 0 Å². The molecule has 0 radical (unpaired) electrons. The number of rotatable bonds is 8. The van der Waals surface area contributed by atoms with Gasteiger partial charge in [-0.3, -0.25) is 0 Å². The number of ether oxygens (including phenoxy) is 2. The largest absolute Gasteiger partial charge is 0.349 e. The van der Waals surface area contributed by atoms with Crippen molar-refractivity contribution in [2.24, 2.45) is 5.92 Å². The molecule has 22 heavy (non-hydrogen) atoms. The molecule has 0 saturated heterocycles. The Balaban J connectivity index is 1.94. The predicted octanol–water partition coefficient (Wildman–Crippen LogP) is 5.83. The Morgan fingerprint density at radius 2 is 1.50 bits per heavy atom. The molecule has 2 heteroatoms. The lowest BCUT2D eigenvalue weighted by Crippen LogP contribution is -2.13. The van der Waals surface area contributed by atoms with Crippen LogP contribution in [0.3, 0.4) is 0 Å². The molecule has 124 valence electrons. The van der Waals surface area contributed by atoms with Crippen LogP contribution in [0, 0.1) is 5.92 Å². The smallest absolute Gasteiger partial charge is 0.183 e. The average molecular weight is 304 g/mol. The maximum absolute atomic E-state index is 5.67. The van der Waals surface area contributed by atoms with E-state index in [0.29, 0.717) is 13.2 Å². The van der Waals surface area contributed by atoms with Crippen molar-refractivity contribution in [3.05, 3.63) is 35.4 Å². The molecule has 2 nitrogen and oxygen atoms in total. The minimum absolute atomic E-state index is 0.218. The first-order valence-electron chi connectivity index (χ1n) is 9.11. The minimum atomic E-state index is -0.218. The lowest BCUT2D eigenvalue weighted by Gasteiger charge is -2.29. The SMILES string of the molecule is CCCC1CCC(c2ccc(C(OCC)OCC)cc2)CC1. The van der Waals surface area contributed by atoms with E-state index in [2.05, 4.69) is 31.2 Å². The van der Waals surface area contributed by atoms with Crippen molar-refractivity contribution in [2.75, 3.05) is 13.2 Å². The first kappa shape index (κ1) is 17.5. The zero-order valence-corrected chi connectivity index (χ0v) is 14.5. The molecule has 2 rings (SSSR count). The second kappa shape index (κ2) is 9.32. The molecule has 0 aromatic heterocycles. The number of benzene rings is 1. The topological polar surface area (TPSA) is 18.5 Å². The van der Waals surface area contributed by atoms with Gasteiger partial charge in [0.1, 0.15) is 0 Å². The lowest BCUT2D eigenvalue weighted by molar-refractivity contribution is -0.140. The molecular weight excluding hydrogens is 272 g/mol. The second-order valence-electron chi connectivity index (χ2n) is 6.42. The Morgan fingerprint density at radius 3 is 2.00 bits per heavy atom. The van der Waals surface area contributed by atoms with Crippen LogP contribution in [-0.4, -0.2) is 13.2 Å².